The number of hydrogen-bond acceptors (Lipinski definition) is 2. The van der Waals surface area contributed by atoms with Crippen LogP contribution in [0.25, 0.3) is 0 Å². The third kappa shape index (κ3) is 5.59. The van der Waals surface area contributed by atoms with Crippen LogP contribution < -0.4 is 5.73 Å². The number of rotatable bonds is 9. The highest BCUT2D eigenvalue weighted by molar-refractivity contribution is 5.19. The van der Waals surface area contributed by atoms with E-state index < -0.39 is 0 Å². The first kappa shape index (κ1) is 17.1. The van der Waals surface area contributed by atoms with Gasteiger partial charge in [0.2, 0.25) is 0 Å². The van der Waals surface area contributed by atoms with Crippen molar-refractivity contribution >= 4 is 0 Å². The van der Waals surface area contributed by atoms with Crippen molar-refractivity contribution in [1.82, 2.24) is 4.90 Å². The van der Waals surface area contributed by atoms with Crippen LogP contribution in [0.2, 0.25) is 0 Å². The molecule has 2 nitrogen and oxygen atoms in total. The summed E-state index contributed by atoms with van der Waals surface area (Å²) in [5.74, 6) is 0.571. The topological polar surface area (TPSA) is 29.3 Å². The minimum atomic E-state index is -0.204. The highest BCUT2D eigenvalue weighted by atomic mass is 19.1. The minimum absolute atomic E-state index is 0.00801. The van der Waals surface area contributed by atoms with E-state index in [0.29, 0.717) is 0 Å². The monoisotopic (exact) mass is 280 g/mol. The largest absolute Gasteiger partial charge is 0.324 e. The summed E-state index contributed by atoms with van der Waals surface area (Å²) in [6.45, 7) is 9.93. The number of halogens is 1. The van der Waals surface area contributed by atoms with Gasteiger partial charge in [0.15, 0.2) is 0 Å². The lowest BCUT2D eigenvalue weighted by atomic mass is 10.0. The van der Waals surface area contributed by atoms with Crippen LogP contribution in [0.3, 0.4) is 0 Å². The zero-order valence-corrected chi connectivity index (χ0v) is 13.1. The number of nitrogens with two attached hydrogens (primary N) is 1. The van der Waals surface area contributed by atoms with Gasteiger partial charge < -0.3 is 10.6 Å². The number of nitrogens with zero attached hydrogens (tertiary/aromatic N) is 1. The molecule has 1 aromatic carbocycles. The third-order valence-electron chi connectivity index (χ3n) is 4.17. The van der Waals surface area contributed by atoms with Gasteiger partial charge in [0, 0.05) is 12.6 Å². The predicted molar refractivity (Wildman–Crippen MR) is 84.1 cm³/mol. The first-order valence-corrected chi connectivity index (χ1v) is 7.84. The lowest BCUT2D eigenvalue weighted by molar-refractivity contribution is 0.226. The smallest absolute Gasteiger partial charge is 0.123 e. The molecule has 20 heavy (non-hydrogen) atoms. The van der Waals surface area contributed by atoms with Crippen molar-refractivity contribution in [1.29, 1.82) is 0 Å². The Labute approximate surface area is 123 Å². The van der Waals surface area contributed by atoms with Gasteiger partial charge in [-0.05, 0) is 43.1 Å². The van der Waals surface area contributed by atoms with Crippen LogP contribution in [-0.4, -0.2) is 24.5 Å². The molecule has 1 aromatic rings. The average molecular weight is 280 g/mol. The van der Waals surface area contributed by atoms with Gasteiger partial charge in [-0.1, -0.05) is 45.7 Å². The molecule has 1 atom stereocenters. The maximum atomic E-state index is 12.9. The van der Waals surface area contributed by atoms with E-state index in [1.807, 2.05) is 0 Å². The van der Waals surface area contributed by atoms with Gasteiger partial charge in [0.05, 0.1) is 0 Å². The summed E-state index contributed by atoms with van der Waals surface area (Å²) in [4.78, 5) is 2.47. The molecule has 0 bridgehead atoms. The van der Waals surface area contributed by atoms with Gasteiger partial charge >= 0.3 is 0 Å². The fraction of sp³-hybridized carbons (Fsp3) is 0.647. The normalized spacial score (nSPS) is 13.2. The molecule has 0 radical (unpaired) electrons. The van der Waals surface area contributed by atoms with Crippen LogP contribution in [0.5, 0.6) is 0 Å². The fourth-order valence-electron chi connectivity index (χ4n) is 2.49. The van der Waals surface area contributed by atoms with E-state index >= 15 is 0 Å². The predicted octanol–water partition coefficient (Wildman–Crippen LogP) is 3.97. The quantitative estimate of drug-likeness (QED) is 0.741. The van der Waals surface area contributed by atoms with E-state index in [1.54, 1.807) is 12.1 Å². The number of benzene rings is 1. The van der Waals surface area contributed by atoms with Crippen molar-refractivity contribution < 1.29 is 4.39 Å². The van der Waals surface area contributed by atoms with Crippen molar-refractivity contribution in [2.45, 2.75) is 46.1 Å². The van der Waals surface area contributed by atoms with Gasteiger partial charge in [-0.2, -0.15) is 0 Å². The molecule has 1 unspecified atom stereocenters. The Kier molecular flexibility index (Phi) is 7.78. The maximum Gasteiger partial charge on any atom is 0.123 e. The summed E-state index contributed by atoms with van der Waals surface area (Å²) < 4.78 is 12.9. The molecule has 0 aliphatic rings. The van der Waals surface area contributed by atoms with E-state index in [-0.39, 0.29) is 11.9 Å². The fourth-order valence-corrected chi connectivity index (χ4v) is 2.49. The van der Waals surface area contributed by atoms with Crippen molar-refractivity contribution in [3.05, 3.63) is 35.6 Å². The first-order valence-electron chi connectivity index (χ1n) is 7.84. The average Bonchev–Trinajstić information content (AvgIpc) is 2.48. The van der Waals surface area contributed by atoms with Crippen LogP contribution >= 0.6 is 0 Å². The highest BCUT2D eigenvalue weighted by Crippen LogP contribution is 2.16. The Hall–Kier alpha value is -0.930. The second-order valence-electron chi connectivity index (χ2n) is 5.52. The van der Waals surface area contributed by atoms with Crippen LogP contribution in [-0.2, 0) is 0 Å². The van der Waals surface area contributed by atoms with E-state index in [2.05, 4.69) is 25.7 Å². The summed E-state index contributed by atoms with van der Waals surface area (Å²) in [5, 5.41) is 0. The van der Waals surface area contributed by atoms with Crippen LogP contribution in [0.1, 0.15) is 51.6 Å². The maximum absolute atomic E-state index is 12.9. The summed E-state index contributed by atoms with van der Waals surface area (Å²) in [7, 11) is 0. The molecule has 0 saturated carbocycles. The molecule has 3 heteroatoms. The van der Waals surface area contributed by atoms with Gasteiger partial charge in [-0.15, -0.1) is 0 Å². The van der Waals surface area contributed by atoms with Crippen molar-refractivity contribution in [2.24, 2.45) is 11.7 Å². The summed E-state index contributed by atoms with van der Waals surface area (Å²) in [5.41, 5.74) is 7.21. The molecule has 0 aromatic heterocycles. The van der Waals surface area contributed by atoms with Crippen molar-refractivity contribution in [2.75, 3.05) is 19.6 Å². The molecule has 0 saturated heterocycles. The van der Waals surface area contributed by atoms with Gasteiger partial charge in [-0.3, -0.25) is 0 Å². The van der Waals surface area contributed by atoms with Crippen LogP contribution in [0.4, 0.5) is 4.39 Å². The molecular formula is C17H29FN2. The van der Waals surface area contributed by atoms with E-state index in [4.69, 9.17) is 5.73 Å². The Morgan fingerprint density at radius 2 is 1.70 bits per heavy atom. The summed E-state index contributed by atoms with van der Waals surface area (Å²) in [6.07, 6.45) is 3.38. The lowest BCUT2D eigenvalue weighted by Gasteiger charge is -2.26. The van der Waals surface area contributed by atoms with E-state index in [0.717, 1.165) is 37.5 Å². The van der Waals surface area contributed by atoms with Crippen LogP contribution in [0.15, 0.2) is 24.3 Å². The van der Waals surface area contributed by atoms with E-state index in [1.165, 1.54) is 25.0 Å². The zero-order chi connectivity index (χ0) is 15.0. The standard InChI is InChI=1S/C17H29FN2/c1-4-14(5-2)13-20(6-3)12-11-17(19)15-7-9-16(18)10-8-15/h7-10,14,17H,4-6,11-13,19H2,1-3H3. The molecular weight excluding hydrogens is 251 g/mol. The molecule has 114 valence electrons. The number of hydrogen-bond donors (Lipinski definition) is 1. The summed E-state index contributed by atoms with van der Waals surface area (Å²) >= 11 is 0. The summed E-state index contributed by atoms with van der Waals surface area (Å²) in [6, 6.07) is 6.54. The third-order valence-corrected chi connectivity index (χ3v) is 4.17. The Balaban J connectivity index is 2.45. The Bertz CT molecular complexity index is 360. The molecule has 2 N–H and O–H groups in total. The molecule has 0 heterocycles. The lowest BCUT2D eigenvalue weighted by Crippen LogP contribution is -2.31. The first-order chi connectivity index (χ1) is 9.60. The SMILES string of the molecule is CCC(CC)CN(CC)CCC(N)c1ccc(F)cc1. The Morgan fingerprint density at radius 1 is 1.10 bits per heavy atom. The van der Waals surface area contributed by atoms with Gasteiger partial charge in [0.25, 0.3) is 0 Å². The van der Waals surface area contributed by atoms with Gasteiger partial charge in [0.1, 0.15) is 5.82 Å². The van der Waals surface area contributed by atoms with E-state index in [9.17, 15) is 4.39 Å². The minimum Gasteiger partial charge on any atom is -0.324 e. The molecule has 0 aliphatic carbocycles. The van der Waals surface area contributed by atoms with Gasteiger partial charge in [-0.25, -0.2) is 4.39 Å². The van der Waals surface area contributed by atoms with Crippen molar-refractivity contribution in [3.8, 4) is 0 Å². The molecule has 0 aliphatic heterocycles. The highest BCUT2D eigenvalue weighted by Gasteiger charge is 2.12. The molecule has 0 amide bonds. The molecule has 1 rings (SSSR count). The second-order valence-corrected chi connectivity index (χ2v) is 5.52. The Morgan fingerprint density at radius 3 is 2.20 bits per heavy atom. The molecule has 0 fully saturated rings. The zero-order valence-electron chi connectivity index (χ0n) is 13.1. The van der Waals surface area contributed by atoms with Crippen molar-refractivity contribution in [3.63, 3.8) is 0 Å². The second kappa shape index (κ2) is 9.09. The molecule has 0 spiro atoms. The van der Waals surface area contributed by atoms with Crippen LogP contribution in [0, 0.1) is 11.7 Å².